The molecule has 0 aromatic heterocycles. The number of nitrogens with zero attached hydrogens (tertiary/aromatic N) is 2. The fourth-order valence-corrected chi connectivity index (χ4v) is 5.24. The summed E-state index contributed by atoms with van der Waals surface area (Å²) in [5.74, 6) is -5.13. The smallest absolute Gasteiger partial charge is 0.323 e. The predicted octanol–water partition coefficient (Wildman–Crippen LogP) is 3.42. The summed E-state index contributed by atoms with van der Waals surface area (Å²) in [6.07, 6.45) is 0. The molecule has 1 aliphatic heterocycles. The van der Waals surface area contributed by atoms with Gasteiger partial charge in [0.2, 0.25) is 5.43 Å². The number of benzene rings is 3. The molecular formula is C31H28Cl2N2O13. The van der Waals surface area contributed by atoms with Crippen molar-refractivity contribution in [2.75, 3.05) is 57.4 Å². The maximum atomic E-state index is 12.4. The molecule has 0 fully saturated rings. The van der Waals surface area contributed by atoms with Gasteiger partial charge < -0.3 is 44.3 Å². The van der Waals surface area contributed by atoms with Crippen molar-refractivity contribution < 1.29 is 58.6 Å². The number of aromatic hydroxyl groups is 1. The summed E-state index contributed by atoms with van der Waals surface area (Å²) in [6.45, 7) is -2.60. The molecule has 0 amide bonds. The molecule has 1 heterocycles. The van der Waals surface area contributed by atoms with Gasteiger partial charge >= 0.3 is 23.9 Å². The minimum Gasteiger partial charge on any atom is -0.506 e. The molecule has 0 bridgehead atoms. The van der Waals surface area contributed by atoms with Crippen molar-refractivity contribution in [2.24, 2.45) is 0 Å². The fraction of sp³-hybridized carbons (Fsp3) is 0.258. The van der Waals surface area contributed by atoms with Crippen molar-refractivity contribution in [3.05, 3.63) is 62.7 Å². The van der Waals surface area contributed by atoms with Crippen LogP contribution in [0.5, 0.6) is 11.5 Å². The molecule has 0 radical (unpaired) electrons. The van der Waals surface area contributed by atoms with E-state index in [1.165, 1.54) is 41.3 Å². The van der Waals surface area contributed by atoms with Crippen LogP contribution in [0, 0.1) is 0 Å². The number of phenols is 1. The number of carbonyl (C=O) groups is 4. The van der Waals surface area contributed by atoms with E-state index in [1.54, 1.807) is 6.07 Å². The molecule has 15 nitrogen and oxygen atoms in total. The lowest BCUT2D eigenvalue weighted by Crippen LogP contribution is -2.37. The van der Waals surface area contributed by atoms with Crippen LogP contribution in [0.2, 0.25) is 10.0 Å². The Morgan fingerprint density at radius 3 is 2.04 bits per heavy atom. The summed E-state index contributed by atoms with van der Waals surface area (Å²) in [5.41, 5.74) is 0.888. The van der Waals surface area contributed by atoms with Crippen molar-refractivity contribution in [2.45, 2.75) is 0 Å². The Hall–Kier alpha value is -5.09. The number of rotatable bonds is 17. The van der Waals surface area contributed by atoms with E-state index < -0.39 is 55.5 Å². The highest BCUT2D eigenvalue weighted by Gasteiger charge is 2.24. The maximum absolute atomic E-state index is 12.4. The number of phenolic OH excluding ortho intramolecular Hbond substituents is 1. The summed E-state index contributed by atoms with van der Waals surface area (Å²) in [7, 11) is 0. The number of anilines is 1. The Balaban J connectivity index is 1.72. The van der Waals surface area contributed by atoms with E-state index in [-0.39, 0.29) is 64.9 Å². The lowest BCUT2D eigenvalue weighted by Gasteiger charge is -2.25. The molecule has 2 aliphatic rings. The summed E-state index contributed by atoms with van der Waals surface area (Å²) < 4.78 is 17.2. The first-order chi connectivity index (χ1) is 22.7. The van der Waals surface area contributed by atoms with Gasteiger partial charge in [0.05, 0.1) is 42.0 Å². The Labute approximate surface area is 281 Å². The van der Waals surface area contributed by atoms with Crippen LogP contribution in [-0.2, 0) is 23.9 Å². The third-order valence-corrected chi connectivity index (χ3v) is 7.44. The van der Waals surface area contributed by atoms with Gasteiger partial charge in [0.25, 0.3) is 0 Å². The topological polar surface area (TPSA) is 225 Å². The van der Waals surface area contributed by atoms with Gasteiger partial charge in [-0.3, -0.25) is 28.9 Å². The van der Waals surface area contributed by atoms with E-state index in [0.717, 1.165) is 4.90 Å². The average molecular weight is 707 g/mol. The van der Waals surface area contributed by atoms with Crippen molar-refractivity contribution >= 4 is 63.7 Å². The Bertz CT molecular complexity index is 1860. The van der Waals surface area contributed by atoms with Gasteiger partial charge in [-0.1, -0.05) is 29.3 Å². The molecule has 0 saturated heterocycles. The first kappa shape index (κ1) is 35.8. The Morgan fingerprint density at radius 2 is 1.42 bits per heavy atom. The fourth-order valence-electron chi connectivity index (χ4n) is 4.91. The first-order valence-corrected chi connectivity index (χ1v) is 14.8. The number of carboxylic acid groups (broad SMARTS) is 4. The molecule has 0 saturated carbocycles. The SMILES string of the molecule is O=C(O)CN(CCOCCOc1ccc(-c2c3cc(Cl)c(=O)cc-3oc3cc(O)c(Cl)cc23)cc1N(CC(=O)O)CC(=O)O)CC(=O)O. The molecule has 48 heavy (non-hydrogen) atoms. The van der Waals surface area contributed by atoms with Crippen LogP contribution in [0.25, 0.3) is 33.4 Å². The second-order valence-corrected chi connectivity index (χ2v) is 11.2. The zero-order chi connectivity index (χ0) is 35.1. The Morgan fingerprint density at radius 1 is 0.771 bits per heavy atom. The van der Waals surface area contributed by atoms with Crippen LogP contribution in [0.1, 0.15) is 0 Å². The first-order valence-electron chi connectivity index (χ1n) is 14.0. The minimum absolute atomic E-state index is 0.00840. The van der Waals surface area contributed by atoms with Crippen molar-refractivity contribution in [1.29, 1.82) is 0 Å². The number of ether oxygens (including phenoxy) is 2. The molecule has 0 spiro atoms. The number of aliphatic carboxylic acids is 4. The van der Waals surface area contributed by atoms with Gasteiger partial charge in [0.1, 0.15) is 42.5 Å². The van der Waals surface area contributed by atoms with Crippen LogP contribution in [-0.4, -0.2) is 107 Å². The van der Waals surface area contributed by atoms with Gasteiger partial charge in [0.15, 0.2) is 0 Å². The van der Waals surface area contributed by atoms with E-state index >= 15 is 0 Å². The molecule has 0 atom stereocenters. The third-order valence-electron chi connectivity index (χ3n) is 6.84. The van der Waals surface area contributed by atoms with Crippen LogP contribution in [0.15, 0.2) is 51.7 Å². The number of hydrogen-bond acceptors (Lipinski definition) is 11. The zero-order valence-electron chi connectivity index (χ0n) is 24.9. The number of carboxylic acids is 4. The van der Waals surface area contributed by atoms with E-state index in [0.29, 0.717) is 22.1 Å². The lowest BCUT2D eigenvalue weighted by atomic mass is 9.93. The van der Waals surface area contributed by atoms with Gasteiger partial charge in [-0.05, 0) is 29.8 Å². The van der Waals surface area contributed by atoms with E-state index in [9.17, 15) is 39.3 Å². The van der Waals surface area contributed by atoms with Gasteiger partial charge in [-0.15, -0.1) is 0 Å². The second-order valence-electron chi connectivity index (χ2n) is 10.3. The summed E-state index contributed by atoms with van der Waals surface area (Å²) >= 11 is 12.4. The molecule has 2 aromatic carbocycles. The molecule has 2 aromatic rings. The minimum atomic E-state index is -1.32. The van der Waals surface area contributed by atoms with Gasteiger partial charge in [-0.25, -0.2) is 0 Å². The predicted molar refractivity (Wildman–Crippen MR) is 172 cm³/mol. The van der Waals surface area contributed by atoms with Crippen LogP contribution in [0.3, 0.4) is 0 Å². The normalized spacial score (nSPS) is 11.2. The van der Waals surface area contributed by atoms with E-state index in [2.05, 4.69) is 0 Å². The molecule has 5 N–H and O–H groups in total. The number of fused-ring (bicyclic) bond motifs is 2. The molecule has 1 aliphatic carbocycles. The summed E-state index contributed by atoms with van der Waals surface area (Å²) in [4.78, 5) is 60.1. The van der Waals surface area contributed by atoms with E-state index in [1.807, 2.05) is 0 Å². The molecular weight excluding hydrogens is 679 g/mol. The van der Waals surface area contributed by atoms with Crippen LogP contribution < -0.4 is 15.1 Å². The second kappa shape index (κ2) is 15.7. The maximum Gasteiger partial charge on any atom is 0.323 e. The molecule has 0 unspecified atom stereocenters. The monoisotopic (exact) mass is 706 g/mol. The Kier molecular flexibility index (Phi) is 11.7. The van der Waals surface area contributed by atoms with Crippen molar-refractivity contribution in [3.63, 3.8) is 0 Å². The zero-order valence-corrected chi connectivity index (χ0v) is 26.4. The van der Waals surface area contributed by atoms with Gasteiger partial charge in [-0.2, -0.15) is 0 Å². The molecule has 254 valence electrons. The quantitative estimate of drug-likeness (QED) is 0.0783. The lowest BCUT2D eigenvalue weighted by molar-refractivity contribution is -0.142. The van der Waals surface area contributed by atoms with Crippen LogP contribution >= 0.6 is 23.2 Å². The summed E-state index contributed by atoms with van der Waals surface area (Å²) in [6, 6.07) is 9.84. The standard InChI is InChI=1S/C31H28Cl2N2O13/c32-19-8-17-25(10-22(19)36)48-26-11-23(37)20(33)9-18(26)31(17)16-1-2-24(21(7-16)35(14-29(42)43)15-30(44)45)47-6-5-46-4-3-34(12-27(38)39)13-28(40)41/h1-2,7-11,36H,3-6,12-15H2,(H,38,39)(H,40,41)(H,42,43)(H,44,45). The van der Waals surface area contributed by atoms with Crippen molar-refractivity contribution in [1.82, 2.24) is 4.90 Å². The van der Waals surface area contributed by atoms with Crippen LogP contribution in [0.4, 0.5) is 5.69 Å². The van der Waals surface area contributed by atoms with Crippen molar-refractivity contribution in [3.8, 4) is 33.9 Å². The summed E-state index contributed by atoms with van der Waals surface area (Å²) in [5, 5.41) is 47.6. The highest BCUT2D eigenvalue weighted by Crippen LogP contribution is 2.45. The largest absolute Gasteiger partial charge is 0.506 e. The molecule has 4 rings (SSSR count). The highest BCUT2D eigenvalue weighted by atomic mass is 35.5. The molecule has 17 heteroatoms. The number of hydrogen-bond donors (Lipinski definition) is 5. The van der Waals surface area contributed by atoms with E-state index in [4.69, 9.17) is 47.3 Å². The average Bonchev–Trinajstić information content (AvgIpc) is 2.98. The highest BCUT2D eigenvalue weighted by molar-refractivity contribution is 6.33. The number of halogens is 2. The van der Waals surface area contributed by atoms with Gasteiger partial charge in [0, 0.05) is 35.2 Å². The third kappa shape index (κ3) is 9.04.